The highest BCUT2D eigenvalue weighted by Crippen LogP contribution is 2.30. The maximum atomic E-state index is 13.3. The molecule has 0 amide bonds. The zero-order valence-electron chi connectivity index (χ0n) is 11.9. The molecular weight excluding hydrogens is 330 g/mol. The molecule has 0 fully saturated rings. The minimum atomic E-state index is -4.78. The van der Waals surface area contributed by atoms with Crippen LogP contribution >= 0.6 is 0 Å². The Bertz CT molecular complexity index is 931. The van der Waals surface area contributed by atoms with Gasteiger partial charge >= 0.3 is 12.1 Å². The highest BCUT2D eigenvalue weighted by Gasteiger charge is 2.38. The number of pyridine rings is 1. The van der Waals surface area contributed by atoms with Gasteiger partial charge in [0.1, 0.15) is 5.82 Å². The van der Waals surface area contributed by atoms with E-state index >= 15 is 0 Å². The average Bonchev–Trinajstić information content (AvgIpc) is 2.99. The Balaban J connectivity index is 2.05. The van der Waals surface area contributed by atoms with Gasteiger partial charge in [0, 0.05) is 23.7 Å². The predicted octanol–water partition coefficient (Wildman–Crippen LogP) is 3.17. The molecular formula is C15H9F4N3O2. The fraction of sp³-hybridized carbons (Fsp3) is 0.133. The van der Waals surface area contributed by atoms with E-state index in [0.717, 1.165) is 0 Å². The van der Waals surface area contributed by atoms with E-state index in [1.165, 1.54) is 30.5 Å². The van der Waals surface area contributed by atoms with Gasteiger partial charge in [-0.3, -0.25) is 4.79 Å². The molecule has 1 aromatic carbocycles. The number of H-pyrrole nitrogens is 1. The van der Waals surface area contributed by atoms with Crippen molar-refractivity contribution >= 4 is 0 Å². The first-order valence-corrected chi connectivity index (χ1v) is 6.71. The molecule has 0 radical (unpaired) electrons. The predicted molar refractivity (Wildman–Crippen MR) is 74.6 cm³/mol. The third kappa shape index (κ3) is 3.19. The van der Waals surface area contributed by atoms with E-state index in [1.54, 1.807) is 6.07 Å². The van der Waals surface area contributed by atoms with Crippen LogP contribution in [-0.4, -0.2) is 15.1 Å². The third-order valence-electron chi connectivity index (χ3n) is 3.24. The number of nitrogens with one attached hydrogen (secondary N) is 1. The maximum Gasteiger partial charge on any atom is 0.471 e. The number of hydrogen-bond donors (Lipinski definition) is 1. The molecule has 124 valence electrons. The van der Waals surface area contributed by atoms with Crippen molar-refractivity contribution in [1.29, 1.82) is 0 Å². The highest BCUT2D eigenvalue weighted by atomic mass is 19.4. The smallest absolute Gasteiger partial charge is 0.329 e. The molecule has 0 atom stereocenters. The summed E-state index contributed by atoms with van der Waals surface area (Å²) in [6.45, 7) is 0. The molecule has 5 nitrogen and oxygen atoms in total. The number of aromatic amines is 1. The van der Waals surface area contributed by atoms with Gasteiger partial charge < -0.3 is 9.51 Å². The van der Waals surface area contributed by atoms with Crippen molar-refractivity contribution in [3.05, 3.63) is 69.7 Å². The van der Waals surface area contributed by atoms with Gasteiger partial charge in [-0.1, -0.05) is 17.3 Å². The summed E-state index contributed by atoms with van der Waals surface area (Å²) < 4.78 is 55.2. The van der Waals surface area contributed by atoms with E-state index < -0.39 is 23.4 Å². The largest absolute Gasteiger partial charge is 0.471 e. The summed E-state index contributed by atoms with van der Waals surface area (Å²) in [4.78, 5) is 17.8. The number of benzene rings is 1. The summed E-state index contributed by atoms with van der Waals surface area (Å²) in [5, 5.41) is 3.28. The fourth-order valence-electron chi connectivity index (χ4n) is 2.19. The van der Waals surface area contributed by atoms with E-state index in [0.29, 0.717) is 5.56 Å². The molecule has 3 aromatic rings. The molecule has 9 heteroatoms. The quantitative estimate of drug-likeness (QED) is 0.744. The first-order chi connectivity index (χ1) is 11.3. The van der Waals surface area contributed by atoms with Crippen LogP contribution in [0.2, 0.25) is 0 Å². The molecule has 2 aromatic heterocycles. The molecule has 0 spiro atoms. The van der Waals surface area contributed by atoms with Crippen molar-refractivity contribution in [2.75, 3.05) is 0 Å². The summed E-state index contributed by atoms with van der Waals surface area (Å²) in [7, 11) is 0. The minimum absolute atomic E-state index is 0.000835. The van der Waals surface area contributed by atoms with Gasteiger partial charge in [-0.2, -0.15) is 18.2 Å². The number of aromatic nitrogens is 3. The normalized spacial score (nSPS) is 11.7. The second kappa shape index (κ2) is 5.91. The van der Waals surface area contributed by atoms with Gasteiger partial charge in [0.15, 0.2) is 0 Å². The maximum absolute atomic E-state index is 13.3. The number of rotatable bonds is 3. The van der Waals surface area contributed by atoms with Crippen molar-refractivity contribution in [2.24, 2.45) is 0 Å². The first-order valence-electron chi connectivity index (χ1n) is 6.71. The summed E-state index contributed by atoms with van der Waals surface area (Å²) in [5.41, 5.74) is 0.141. The van der Waals surface area contributed by atoms with Crippen molar-refractivity contribution in [3.8, 4) is 11.4 Å². The summed E-state index contributed by atoms with van der Waals surface area (Å²) >= 11 is 0. The monoisotopic (exact) mass is 339 g/mol. The highest BCUT2D eigenvalue weighted by molar-refractivity contribution is 5.59. The number of nitrogens with zero attached hydrogens (tertiary/aromatic N) is 2. The Morgan fingerprint density at radius 3 is 2.67 bits per heavy atom. The van der Waals surface area contributed by atoms with E-state index in [4.69, 9.17) is 0 Å². The Kier molecular flexibility index (Phi) is 3.92. The van der Waals surface area contributed by atoms with E-state index in [1.807, 2.05) is 0 Å². The van der Waals surface area contributed by atoms with Crippen LogP contribution in [0.1, 0.15) is 17.0 Å². The van der Waals surface area contributed by atoms with E-state index in [9.17, 15) is 22.4 Å². The fourth-order valence-corrected chi connectivity index (χ4v) is 2.19. The molecule has 0 unspecified atom stereocenters. The van der Waals surface area contributed by atoms with Crippen LogP contribution in [0.15, 0.2) is 45.8 Å². The summed E-state index contributed by atoms with van der Waals surface area (Å²) in [5.74, 6) is -2.35. The second-order valence-corrected chi connectivity index (χ2v) is 4.93. The molecule has 0 aliphatic carbocycles. The molecule has 0 saturated heterocycles. The Hall–Kier alpha value is -2.97. The van der Waals surface area contributed by atoms with Crippen LogP contribution in [-0.2, 0) is 12.6 Å². The van der Waals surface area contributed by atoms with Gasteiger partial charge in [0.2, 0.25) is 5.82 Å². The Labute approximate surface area is 132 Å². The van der Waals surface area contributed by atoms with Crippen molar-refractivity contribution in [1.82, 2.24) is 15.1 Å². The number of halogens is 4. The van der Waals surface area contributed by atoms with Crippen LogP contribution in [0.3, 0.4) is 0 Å². The molecule has 0 aliphatic rings. The molecule has 0 bridgehead atoms. The standard InChI is InChI=1S/C15H9F4N3O2/c16-9-3-1-2-8(6-9)7-11-10(4-5-20-13(11)23)12-21-14(24-22-12)15(17,18)19/h1-6H,7H2,(H,20,23). The van der Waals surface area contributed by atoms with Crippen LogP contribution in [0.4, 0.5) is 17.6 Å². The summed E-state index contributed by atoms with van der Waals surface area (Å²) in [6.07, 6.45) is -3.52. The van der Waals surface area contributed by atoms with E-state index in [-0.39, 0.29) is 23.4 Å². The van der Waals surface area contributed by atoms with Crippen LogP contribution < -0.4 is 5.56 Å². The topological polar surface area (TPSA) is 71.8 Å². The zero-order valence-corrected chi connectivity index (χ0v) is 11.9. The molecule has 24 heavy (non-hydrogen) atoms. The lowest BCUT2D eigenvalue weighted by Crippen LogP contribution is -2.14. The van der Waals surface area contributed by atoms with Crippen molar-refractivity contribution in [2.45, 2.75) is 12.6 Å². The molecule has 0 aliphatic heterocycles. The van der Waals surface area contributed by atoms with Gasteiger partial charge in [0.25, 0.3) is 5.56 Å². The minimum Gasteiger partial charge on any atom is -0.329 e. The molecule has 0 saturated carbocycles. The second-order valence-electron chi connectivity index (χ2n) is 4.93. The Morgan fingerprint density at radius 1 is 1.21 bits per heavy atom. The lowest BCUT2D eigenvalue weighted by Gasteiger charge is -2.05. The lowest BCUT2D eigenvalue weighted by molar-refractivity contribution is -0.159. The van der Waals surface area contributed by atoms with Crippen LogP contribution in [0, 0.1) is 5.82 Å². The van der Waals surface area contributed by atoms with Crippen LogP contribution in [0.5, 0.6) is 0 Å². The first kappa shape index (κ1) is 15.9. The number of alkyl halides is 3. The average molecular weight is 339 g/mol. The van der Waals surface area contributed by atoms with Gasteiger partial charge in [-0.15, -0.1) is 0 Å². The van der Waals surface area contributed by atoms with Crippen molar-refractivity contribution < 1.29 is 22.1 Å². The molecule has 3 rings (SSSR count). The zero-order chi connectivity index (χ0) is 17.3. The molecule has 1 N–H and O–H groups in total. The van der Waals surface area contributed by atoms with Crippen LogP contribution in [0.25, 0.3) is 11.4 Å². The lowest BCUT2D eigenvalue weighted by atomic mass is 10.0. The number of hydrogen-bond acceptors (Lipinski definition) is 4. The third-order valence-corrected chi connectivity index (χ3v) is 3.24. The van der Waals surface area contributed by atoms with Crippen molar-refractivity contribution in [3.63, 3.8) is 0 Å². The Morgan fingerprint density at radius 2 is 2.00 bits per heavy atom. The SMILES string of the molecule is O=c1[nH]ccc(-c2noc(C(F)(F)F)n2)c1Cc1cccc(F)c1. The van der Waals surface area contributed by atoms with E-state index in [2.05, 4.69) is 19.6 Å². The van der Waals surface area contributed by atoms with Gasteiger partial charge in [-0.05, 0) is 23.8 Å². The van der Waals surface area contributed by atoms with Gasteiger partial charge in [0.05, 0.1) is 0 Å². The summed E-state index contributed by atoms with van der Waals surface area (Å²) in [6, 6.07) is 6.90. The molecule has 2 heterocycles. The van der Waals surface area contributed by atoms with Gasteiger partial charge in [-0.25, -0.2) is 4.39 Å².